The number of guanidine groups is 1. The Bertz CT molecular complexity index is 546. The second-order valence-corrected chi connectivity index (χ2v) is 8.83. The second-order valence-electron chi connectivity index (χ2n) is 7.63. The van der Waals surface area contributed by atoms with Gasteiger partial charge in [-0.05, 0) is 44.6 Å². The van der Waals surface area contributed by atoms with Crippen molar-refractivity contribution in [3.63, 3.8) is 0 Å². The predicted octanol–water partition coefficient (Wildman–Crippen LogP) is 3.79. The van der Waals surface area contributed by atoms with Gasteiger partial charge in [-0.1, -0.05) is 20.8 Å². The number of hydrogen-bond donors (Lipinski definition) is 2. The minimum Gasteiger partial charge on any atom is -0.357 e. The Morgan fingerprint density at radius 3 is 2.85 bits per heavy atom. The van der Waals surface area contributed by atoms with E-state index >= 15 is 0 Å². The maximum Gasteiger partial charge on any atom is 0.191 e. The quantitative estimate of drug-likeness (QED) is 0.304. The van der Waals surface area contributed by atoms with Gasteiger partial charge >= 0.3 is 0 Å². The largest absolute Gasteiger partial charge is 0.357 e. The SMILES string of the molecule is CCNC(=NCC1CCCN(CC(C)C)C1)NCCc1ncc(CC)s1.I. The van der Waals surface area contributed by atoms with Crippen molar-refractivity contribution in [3.8, 4) is 0 Å². The number of aromatic nitrogens is 1. The third-order valence-electron chi connectivity index (χ3n) is 4.66. The van der Waals surface area contributed by atoms with Gasteiger partial charge in [0, 0.05) is 50.2 Å². The standard InChI is InChI=1S/C20H37N5S.HI/c1-5-18-13-23-19(26-18)9-10-22-20(21-6-2)24-12-17-8-7-11-25(15-17)14-16(3)4;/h13,16-17H,5-12,14-15H2,1-4H3,(H2,21,22,24);1H. The predicted molar refractivity (Wildman–Crippen MR) is 129 cm³/mol. The first-order valence-electron chi connectivity index (χ1n) is 10.3. The lowest BCUT2D eigenvalue weighted by atomic mass is 9.97. The van der Waals surface area contributed by atoms with E-state index in [1.54, 1.807) is 0 Å². The lowest BCUT2D eigenvalue weighted by Crippen LogP contribution is -2.41. The fraction of sp³-hybridized carbons (Fsp3) is 0.800. The van der Waals surface area contributed by atoms with E-state index in [2.05, 4.69) is 48.2 Å². The van der Waals surface area contributed by atoms with Gasteiger partial charge in [0.15, 0.2) is 5.96 Å². The minimum absolute atomic E-state index is 0. The molecule has 0 saturated carbocycles. The lowest BCUT2D eigenvalue weighted by molar-refractivity contribution is 0.162. The van der Waals surface area contributed by atoms with E-state index in [0.29, 0.717) is 5.92 Å². The molecule has 0 bridgehead atoms. The highest BCUT2D eigenvalue weighted by Gasteiger charge is 2.20. The molecule has 156 valence electrons. The van der Waals surface area contributed by atoms with Crippen molar-refractivity contribution < 1.29 is 0 Å². The lowest BCUT2D eigenvalue weighted by Gasteiger charge is -2.33. The molecule has 1 saturated heterocycles. The normalized spacial score (nSPS) is 18.4. The zero-order valence-corrected chi connectivity index (χ0v) is 20.6. The smallest absolute Gasteiger partial charge is 0.191 e. The summed E-state index contributed by atoms with van der Waals surface area (Å²) in [7, 11) is 0. The van der Waals surface area contributed by atoms with Crippen molar-refractivity contribution in [3.05, 3.63) is 16.1 Å². The molecule has 1 aliphatic heterocycles. The average molecular weight is 508 g/mol. The first-order valence-corrected chi connectivity index (χ1v) is 11.1. The number of halogens is 1. The number of nitrogens with one attached hydrogen (secondary N) is 2. The molecule has 0 aromatic carbocycles. The second kappa shape index (κ2) is 13.7. The third kappa shape index (κ3) is 9.56. The number of hydrogen-bond acceptors (Lipinski definition) is 4. The summed E-state index contributed by atoms with van der Waals surface area (Å²) in [6, 6.07) is 0. The molecule has 1 aromatic rings. The number of thiazole rings is 1. The first-order chi connectivity index (χ1) is 12.6. The van der Waals surface area contributed by atoms with Gasteiger partial charge in [0.2, 0.25) is 0 Å². The van der Waals surface area contributed by atoms with Crippen molar-refractivity contribution >= 4 is 41.3 Å². The van der Waals surface area contributed by atoms with Crippen LogP contribution in [0.1, 0.15) is 50.4 Å². The summed E-state index contributed by atoms with van der Waals surface area (Å²) in [6.07, 6.45) is 6.65. The number of rotatable bonds is 9. The molecule has 2 N–H and O–H groups in total. The van der Waals surface area contributed by atoms with Crippen LogP contribution >= 0.6 is 35.3 Å². The molecule has 0 radical (unpaired) electrons. The molecule has 1 atom stereocenters. The van der Waals surface area contributed by atoms with E-state index in [1.165, 1.54) is 42.4 Å². The van der Waals surface area contributed by atoms with Crippen LogP contribution in [0.2, 0.25) is 0 Å². The van der Waals surface area contributed by atoms with Gasteiger partial charge in [0.05, 0.1) is 5.01 Å². The van der Waals surface area contributed by atoms with Crippen molar-refractivity contribution in [2.75, 3.05) is 39.3 Å². The van der Waals surface area contributed by atoms with Gasteiger partial charge in [-0.25, -0.2) is 4.98 Å². The Morgan fingerprint density at radius 2 is 2.19 bits per heavy atom. The summed E-state index contributed by atoms with van der Waals surface area (Å²) in [5.74, 6) is 2.38. The summed E-state index contributed by atoms with van der Waals surface area (Å²) < 4.78 is 0. The maximum absolute atomic E-state index is 4.85. The Hall–Kier alpha value is -0.410. The molecule has 1 aliphatic rings. The minimum atomic E-state index is 0. The van der Waals surface area contributed by atoms with Gasteiger partial charge in [-0.3, -0.25) is 4.99 Å². The molecule has 0 spiro atoms. The molecule has 7 heteroatoms. The van der Waals surface area contributed by atoms with Crippen molar-refractivity contribution in [1.82, 2.24) is 20.5 Å². The zero-order chi connectivity index (χ0) is 18.8. The Labute approximate surface area is 186 Å². The topological polar surface area (TPSA) is 52.6 Å². The summed E-state index contributed by atoms with van der Waals surface area (Å²) in [5.41, 5.74) is 0. The monoisotopic (exact) mass is 507 g/mol. The third-order valence-corrected chi connectivity index (χ3v) is 5.86. The van der Waals surface area contributed by atoms with Crippen molar-refractivity contribution in [2.24, 2.45) is 16.8 Å². The van der Waals surface area contributed by atoms with E-state index < -0.39 is 0 Å². The van der Waals surface area contributed by atoms with E-state index in [4.69, 9.17) is 4.99 Å². The van der Waals surface area contributed by atoms with Crippen LogP contribution in [-0.2, 0) is 12.8 Å². The van der Waals surface area contributed by atoms with Crippen molar-refractivity contribution in [1.29, 1.82) is 0 Å². The molecule has 0 aliphatic carbocycles. The van der Waals surface area contributed by atoms with Gasteiger partial charge in [0.25, 0.3) is 0 Å². The number of aryl methyl sites for hydroxylation is 1. The van der Waals surface area contributed by atoms with Crippen LogP contribution in [0, 0.1) is 11.8 Å². The average Bonchev–Trinajstić information content (AvgIpc) is 3.07. The van der Waals surface area contributed by atoms with E-state index in [-0.39, 0.29) is 24.0 Å². The molecule has 1 aromatic heterocycles. The molecule has 2 heterocycles. The van der Waals surface area contributed by atoms with Crippen molar-refractivity contribution in [2.45, 2.75) is 53.4 Å². The Morgan fingerprint density at radius 1 is 1.37 bits per heavy atom. The van der Waals surface area contributed by atoms with Crippen LogP contribution in [0.3, 0.4) is 0 Å². The first kappa shape index (κ1) is 24.6. The summed E-state index contributed by atoms with van der Waals surface area (Å²) >= 11 is 1.82. The van der Waals surface area contributed by atoms with Crippen LogP contribution < -0.4 is 10.6 Å². The Kier molecular flexibility index (Phi) is 12.5. The van der Waals surface area contributed by atoms with Crippen LogP contribution in [0.5, 0.6) is 0 Å². The molecule has 2 rings (SSSR count). The molecule has 27 heavy (non-hydrogen) atoms. The fourth-order valence-corrected chi connectivity index (χ4v) is 4.32. The highest BCUT2D eigenvalue weighted by atomic mass is 127. The van der Waals surface area contributed by atoms with Gasteiger partial charge in [-0.2, -0.15) is 0 Å². The van der Waals surface area contributed by atoms with E-state index in [9.17, 15) is 0 Å². The molecule has 1 fully saturated rings. The van der Waals surface area contributed by atoms with E-state index in [0.717, 1.165) is 44.4 Å². The number of nitrogens with zero attached hydrogens (tertiary/aromatic N) is 3. The van der Waals surface area contributed by atoms with Gasteiger partial charge in [-0.15, -0.1) is 35.3 Å². The maximum atomic E-state index is 4.85. The van der Waals surface area contributed by atoms with Gasteiger partial charge in [0.1, 0.15) is 0 Å². The molecular weight excluding hydrogens is 469 g/mol. The number of piperidine rings is 1. The highest BCUT2D eigenvalue weighted by Crippen LogP contribution is 2.18. The Balaban J connectivity index is 0.00000364. The summed E-state index contributed by atoms with van der Waals surface area (Å²) in [6.45, 7) is 15.3. The number of aliphatic imine (C=N–C) groups is 1. The van der Waals surface area contributed by atoms with Crippen LogP contribution in [-0.4, -0.2) is 55.1 Å². The summed E-state index contributed by atoms with van der Waals surface area (Å²) in [4.78, 5) is 13.3. The summed E-state index contributed by atoms with van der Waals surface area (Å²) in [5, 5.41) is 8.06. The molecule has 5 nitrogen and oxygen atoms in total. The van der Waals surface area contributed by atoms with Crippen LogP contribution in [0.4, 0.5) is 0 Å². The number of likely N-dealkylation sites (tertiary alicyclic amines) is 1. The fourth-order valence-electron chi connectivity index (χ4n) is 3.46. The molecular formula is C20H38IN5S. The van der Waals surface area contributed by atoms with Crippen LogP contribution in [0.25, 0.3) is 0 Å². The molecule has 1 unspecified atom stereocenters. The van der Waals surface area contributed by atoms with E-state index in [1.807, 2.05) is 17.5 Å². The zero-order valence-electron chi connectivity index (χ0n) is 17.5. The molecule has 0 amide bonds. The van der Waals surface area contributed by atoms with Crippen LogP contribution in [0.15, 0.2) is 11.2 Å². The van der Waals surface area contributed by atoms with Gasteiger partial charge < -0.3 is 15.5 Å². The highest BCUT2D eigenvalue weighted by molar-refractivity contribution is 14.0.